The number of nitrogens with zero attached hydrogens (tertiary/aromatic N) is 1. The van der Waals surface area contributed by atoms with Crippen LogP contribution >= 0.6 is 23.4 Å². The van der Waals surface area contributed by atoms with Crippen molar-refractivity contribution in [3.63, 3.8) is 0 Å². The summed E-state index contributed by atoms with van der Waals surface area (Å²) >= 11 is 7.70. The number of amides is 1. The number of carboxylic acid groups (broad SMARTS) is 1. The second kappa shape index (κ2) is 11.9. The highest BCUT2D eigenvalue weighted by Gasteiger charge is 2.24. The highest BCUT2D eigenvalue weighted by atomic mass is 35.5. The molecule has 1 aliphatic rings. The Hall–Kier alpha value is -3.95. The zero-order chi connectivity index (χ0) is 26.4. The number of carbonyl (C=O) groups excluding carboxylic acids is 1. The van der Waals surface area contributed by atoms with Gasteiger partial charge in [-0.15, -0.1) is 0 Å². The molecule has 1 aliphatic heterocycles. The molecule has 0 aliphatic carbocycles. The van der Waals surface area contributed by atoms with Gasteiger partial charge in [0.05, 0.1) is 34.9 Å². The Morgan fingerprint density at radius 2 is 1.92 bits per heavy atom. The summed E-state index contributed by atoms with van der Waals surface area (Å²) in [5, 5.41) is 12.7. The minimum atomic E-state index is -1.02. The van der Waals surface area contributed by atoms with Gasteiger partial charge in [0, 0.05) is 0 Å². The number of carbonyl (C=O) groups is 2. The molecule has 1 saturated heterocycles. The predicted molar refractivity (Wildman–Crippen MR) is 144 cm³/mol. The average molecular weight is 539 g/mol. The minimum absolute atomic E-state index is 0.0985. The van der Waals surface area contributed by atoms with Gasteiger partial charge >= 0.3 is 5.97 Å². The van der Waals surface area contributed by atoms with Crippen LogP contribution in [0, 0.1) is 0 Å². The number of ether oxygens (including phenoxy) is 3. The van der Waals surface area contributed by atoms with Gasteiger partial charge in [-0.25, -0.2) is 9.79 Å². The van der Waals surface area contributed by atoms with Gasteiger partial charge in [-0.2, -0.15) is 0 Å². The molecule has 1 amide bonds. The van der Waals surface area contributed by atoms with Crippen LogP contribution in [0.3, 0.4) is 0 Å². The van der Waals surface area contributed by atoms with Crippen LogP contribution in [0.25, 0.3) is 6.08 Å². The first-order chi connectivity index (χ1) is 17.9. The maximum atomic E-state index is 12.5. The number of hydrogen-bond acceptors (Lipinski definition) is 7. The summed E-state index contributed by atoms with van der Waals surface area (Å²) in [4.78, 5) is 28.7. The smallest absolute Gasteiger partial charge is 0.335 e. The van der Waals surface area contributed by atoms with Crippen LogP contribution in [0.15, 0.2) is 70.6 Å². The summed E-state index contributed by atoms with van der Waals surface area (Å²) in [5.74, 6) is 0.149. The fourth-order valence-electron chi connectivity index (χ4n) is 3.45. The van der Waals surface area contributed by atoms with Crippen molar-refractivity contribution < 1.29 is 28.9 Å². The zero-order valence-electron chi connectivity index (χ0n) is 20.0. The molecular formula is C27H23ClN2O6S. The lowest BCUT2D eigenvalue weighted by molar-refractivity contribution is -0.115. The van der Waals surface area contributed by atoms with Crippen LogP contribution < -0.4 is 19.5 Å². The molecular weight excluding hydrogens is 516 g/mol. The molecule has 0 atom stereocenters. The number of rotatable bonds is 9. The van der Waals surface area contributed by atoms with Crippen LogP contribution in [-0.4, -0.2) is 35.9 Å². The lowest BCUT2D eigenvalue weighted by atomic mass is 10.1. The summed E-state index contributed by atoms with van der Waals surface area (Å²) in [6.45, 7) is 2.59. The van der Waals surface area contributed by atoms with Crippen molar-refractivity contribution in [2.75, 3.05) is 13.7 Å². The van der Waals surface area contributed by atoms with Gasteiger partial charge < -0.3 is 24.6 Å². The van der Waals surface area contributed by atoms with E-state index in [0.717, 1.165) is 5.75 Å². The number of aliphatic imine (C=N–C) groups is 1. The topological polar surface area (TPSA) is 106 Å². The van der Waals surface area contributed by atoms with E-state index < -0.39 is 5.97 Å². The molecule has 0 unspecified atom stereocenters. The minimum Gasteiger partial charge on any atom is -0.494 e. The van der Waals surface area contributed by atoms with Crippen LogP contribution in [-0.2, 0) is 11.4 Å². The van der Waals surface area contributed by atoms with Crippen molar-refractivity contribution >= 4 is 52.2 Å². The van der Waals surface area contributed by atoms with Crippen molar-refractivity contribution in [3.05, 3.63) is 87.3 Å². The Morgan fingerprint density at radius 1 is 1.14 bits per heavy atom. The normalized spacial score (nSPS) is 15.1. The third-order valence-electron chi connectivity index (χ3n) is 5.14. The van der Waals surface area contributed by atoms with E-state index in [9.17, 15) is 14.7 Å². The molecule has 0 saturated carbocycles. The SMILES string of the molecule is CCOc1ccc(N=C2NC(=O)/C(=C\c3cc(Cl)c(OCc4cccc(C(=O)O)c4)c(OC)c3)S2)cc1. The number of amidine groups is 1. The van der Waals surface area contributed by atoms with E-state index in [0.29, 0.717) is 45.0 Å². The quantitative estimate of drug-likeness (QED) is 0.326. The molecule has 4 rings (SSSR count). The highest BCUT2D eigenvalue weighted by molar-refractivity contribution is 8.18. The standard InChI is InChI=1S/C27H23ClN2O6S/c1-3-35-20-9-7-19(8-10-20)29-27-30-25(31)23(37-27)14-17-12-21(28)24(22(13-17)34-2)36-15-16-5-4-6-18(11-16)26(32)33/h4-14H,3,15H2,1-2H3,(H,32,33)(H,29,30,31)/b23-14+. The van der Waals surface area contributed by atoms with E-state index in [1.807, 2.05) is 31.2 Å². The molecule has 0 bridgehead atoms. The molecule has 1 fully saturated rings. The van der Waals surface area contributed by atoms with Crippen molar-refractivity contribution in [1.82, 2.24) is 5.32 Å². The molecule has 0 radical (unpaired) electrons. The molecule has 3 aromatic rings. The average Bonchev–Trinajstić information content (AvgIpc) is 3.22. The van der Waals surface area contributed by atoms with Crippen molar-refractivity contribution in [2.24, 2.45) is 4.99 Å². The second-order valence-corrected chi connectivity index (χ2v) is 9.17. The third-order valence-corrected chi connectivity index (χ3v) is 6.33. The summed E-state index contributed by atoms with van der Waals surface area (Å²) in [6, 6.07) is 17.1. The third kappa shape index (κ3) is 6.63. The molecule has 3 aromatic carbocycles. The van der Waals surface area contributed by atoms with Crippen LogP contribution in [0.5, 0.6) is 17.2 Å². The van der Waals surface area contributed by atoms with Crippen molar-refractivity contribution in [3.8, 4) is 17.2 Å². The summed E-state index contributed by atoms with van der Waals surface area (Å²) in [5.41, 5.74) is 2.16. The molecule has 0 spiro atoms. The molecule has 10 heteroatoms. The Balaban J connectivity index is 1.50. The number of halogens is 1. The number of nitrogens with one attached hydrogen (secondary N) is 1. The first-order valence-electron chi connectivity index (χ1n) is 11.2. The Morgan fingerprint density at radius 3 is 2.62 bits per heavy atom. The van der Waals surface area contributed by atoms with Crippen LogP contribution in [0.4, 0.5) is 5.69 Å². The van der Waals surface area contributed by atoms with Crippen molar-refractivity contribution in [1.29, 1.82) is 0 Å². The Labute approximate surface area is 222 Å². The summed E-state index contributed by atoms with van der Waals surface area (Å²) < 4.78 is 16.7. The van der Waals surface area contributed by atoms with Crippen molar-refractivity contribution in [2.45, 2.75) is 13.5 Å². The number of thioether (sulfide) groups is 1. The van der Waals surface area contributed by atoms with Crippen LogP contribution in [0.2, 0.25) is 5.02 Å². The Bertz CT molecular complexity index is 1390. The lowest BCUT2D eigenvalue weighted by Crippen LogP contribution is -2.19. The zero-order valence-corrected chi connectivity index (χ0v) is 21.6. The van der Waals surface area contributed by atoms with E-state index >= 15 is 0 Å². The van der Waals surface area contributed by atoms with E-state index in [1.165, 1.54) is 31.0 Å². The fourth-order valence-corrected chi connectivity index (χ4v) is 4.56. The van der Waals surface area contributed by atoms with Gasteiger partial charge in [0.2, 0.25) is 0 Å². The Kier molecular flexibility index (Phi) is 8.37. The number of benzene rings is 3. The lowest BCUT2D eigenvalue weighted by Gasteiger charge is -2.14. The number of hydrogen-bond donors (Lipinski definition) is 2. The van der Waals surface area contributed by atoms with Gasteiger partial charge in [0.1, 0.15) is 12.4 Å². The number of methoxy groups -OCH3 is 1. The molecule has 37 heavy (non-hydrogen) atoms. The van der Waals surface area contributed by atoms with Gasteiger partial charge in [-0.05, 0) is 84.4 Å². The number of carboxylic acids is 1. The summed E-state index contributed by atoms with van der Waals surface area (Å²) in [7, 11) is 1.49. The molecule has 2 N–H and O–H groups in total. The summed E-state index contributed by atoms with van der Waals surface area (Å²) in [6.07, 6.45) is 1.69. The largest absolute Gasteiger partial charge is 0.494 e. The van der Waals surface area contributed by atoms with E-state index in [-0.39, 0.29) is 23.1 Å². The van der Waals surface area contributed by atoms with Gasteiger partial charge in [-0.3, -0.25) is 4.79 Å². The predicted octanol–water partition coefficient (Wildman–Crippen LogP) is 5.92. The highest BCUT2D eigenvalue weighted by Crippen LogP contribution is 2.38. The van der Waals surface area contributed by atoms with E-state index in [4.69, 9.17) is 25.8 Å². The molecule has 8 nitrogen and oxygen atoms in total. The van der Waals surface area contributed by atoms with E-state index in [1.54, 1.807) is 30.3 Å². The van der Waals surface area contributed by atoms with Gasteiger partial charge in [0.15, 0.2) is 16.7 Å². The molecule has 190 valence electrons. The van der Waals surface area contributed by atoms with E-state index in [2.05, 4.69) is 10.3 Å². The maximum absolute atomic E-state index is 12.5. The van der Waals surface area contributed by atoms with Gasteiger partial charge in [-0.1, -0.05) is 23.7 Å². The molecule has 1 heterocycles. The van der Waals surface area contributed by atoms with Gasteiger partial charge in [0.25, 0.3) is 5.91 Å². The monoisotopic (exact) mass is 538 g/mol. The fraction of sp³-hybridized carbons (Fsp3) is 0.148. The molecule has 0 aromatic heterocycles. The first kappa shape index (κ1) is 26.1. The maximum Gasteiger partial charge on any atom is 0.335 e. The van der Waals surface area contributed by atoms with Crippen LogP contribution in [0.1, 0.15) is 28.4 Å². The number of aromatic carboxylic acids is 1. The second-order valence-electron chi connectivity index (χ2n) is 7.74. The first-order valence-corrected chi connectivity index (χ1v) is 12.4.